The second-order valence-corrected chi connectivity index (χ2v) is 11.9. The average Bonchev–Trinajstić information content (AvgIpc) is 2.95. The Morgan fingerprint density at radius 1 is 0.821 bits per heavy atom. The molecule has 208 valence electrons. The lowest BCUT2D eigenvalue weighted by atomic mass is 10.0. The molecule has 39 heavy (non-hydrogen) atoms. The number of hydrogen-bond donors (Lipinski definition) is 1. The van der Waals surface area contributed by atoms with Gasteiger partial charge >= 0.3 is 0 Å². The van der Waals surface area contributed by atoms with Crippen LogP contribution in [0.25, 0.3) is 0 Å². The van der Waals surface area contributed by atoms with Gasteiger partial charge in [-0.1, -0.05) is 81.4 Å². The summed E-state index contributed by atoms with van der Waals surface area (Å²) in [6.45, 7) is 9.38. The van der Waals surface area contributed by atoms with E-state index < -0.39 is 28.5 Å². The van der Waals surface area contributed by atoms with Gasteiger partial charge < -0.3 is 10.2 Å². The topological polar surface area (TPSA) is 86.8 Å². The van der Waals surface area contributed by atoms with E-state index in [2.05, 4.69) is 19.2 Å². The maximum absolute atomic E-state index is 13.9. The quantitative estimate of drug-likeness (QED) is 0.331. The van der Waals surface area contributed by atoms with Crippen molar-refractivity contribution in [2.75, 3.05) is 10.8 Å². The molecule has 0 spiro atoms. The van der Waals surface area contributed by atoms with Crippen LogP contribution in [0.3, 0.4) is 0 Å². The van der Waals surface area contributed by atoms with E-state index in [9.17, 15) is 18.0 Å². The van der Waals surface area contributed by atoms with E-state index in [0.29, 0.717) is 5.69 Å². The highest BCUT2D eigenvalue weighted by molar-refractivity contribution is 7.92. The fraction of sp³-hybridized carbons (Fsp3) is 0.355. The predicted molar refractivity (Wildman–Crippen MR) is 156 cm³/mol. The molecule has 0 aliphatic heterocycles. The van der Waals surface area contributed by atoms with Gasteiger partial charge in [-0.3, -0.25) is 13.9 Å². The number of amides is 2. The van der Waals surface area contributed by atoms with Gasteiger partial charge in [-0.25, -0.2) is 8.42 Å². The fourth-order valence-electron chi connectivity index (χ4n) is 4.10. The third-order valence-corrected chi connectivity index (χ3v) is 8.61. The zero-order chi connectivity index (χ0) is 28.6. The average molecular weight is 550 g/mol. The minimum Gasteiger partial charge on any atom is -0.352 e. The highest BCUT2D eigenvalue weighted by atomic mass is 32.2. The summed E-state index contributed by atoms with van der Waals surface area (Å²) in [4.78, 5) is 28.5. The van der Waals surface area contributed by atoms with Gasteiger partial charge in [0, 0.05) is 12.6 Å². The molecule has 0 fully saturated rings. The molecule has 0 unspecified atom stereocenters. The van der Waals surface area contributed by atoms with Crippen LogP contribution in [-0.2, 0) is 26.2 Å². The number of rotatable bonds is 12. The van der Waals surface area contributed by atoms with Crippen molar-refractivity contribution < 1.29 is 18.0 Å². The highest BCUT2D eigenvalue weighted by Crippen LogP contribution is 2.26. The summed E-state index contributed by atoms with van der Waals surface area (Å²) < 4.78 is 28.8. The summed E-state index contributed by atoms with van der Waals surface area (Å²) in [7, 11) is -4.07. The predicted octanol–water partition coefficient (Wildman–Crippen LogP) is 5.34. The van der Waals surface area contributed by atoms with Gasteiger partial charge in [-0.15, -0.1) is 0 Å². The zero-order valence-corrected chi connectivity index (χ0v) is 24.2. The number of nitrogens with one attached hydrogen (secondary N) is 1. The summed E-state index contributed by atoms with van der Waals surface area (Å²) in [5, 5.41) is 2.94. The normalized spacial score (nSPS) is 13.0. The van der Waals surface area contributed by atoms with Gasteiger partial charge in [-0.05, 0) is 61.6 Å². The second-order valence-electron chi connectivity index (χ2n) is 10.1. The Morgan fingerprint density at radius 2 is 1.38 bits per heavy atom. The van der Waals surface area contributed by atoms with E-state index in [-0.39, 0.29) is 29.3 Å². The second kappa shape index (κ2) is 13.4. The van der Waals surface area contributed by atoms with Crippen molar-refractivity contribution in [2.24, 2.45) is 0 Å². The Labute approximate surface area is 232 Å². The smallest absolute Gasteiger partial charge is 0.264 e. The number of carbonyl (C=O) groups excluding carboxylic acids is 2. The molecule has 0 aliphatic carbocycles. The van der Waals surface area contributed by atoms with Crippen molar-refractivity contribution in [3.8, 4) is 0 Å². The van der Waals surface area contributed by atoms with Gasteiger partial charge in [0.25, 0.3) is 10.0 Å². The highest BCUT2D eigenvalue weighted by Gasteiger charge is 2.32. The number of anilines is 1. The van der Waals surface area contributed by atoms with E-state index in [1.54, 1.807) is 37.3 Å². The Bertz CT molecular complexity index is 1330. The molecule has 2 amide bonds. The summed E-state index contributed by atoms with van der Waals surface area (Å²) in [5.74, 6) is -0.489. The molecule has 3 aromatic rings. The molecular formula is C31H39N3O4S. The van der Waals surface area contributed by atoms with Crippen LogP contribution < -0.4 is 9.62 Å². The molecule has 0 heterocycles. The Hall–Kier alpha value is -3.65. The van der Waals surface area contributed by atoms with Crippen LogP contribution in [0.2, 0.25) is 0 Å². The Balaban J connectivity index is 2.01. The molecule has 0 aliphatic rings. The largest absolute Gasteiger partial charge is 0.352 e. The minimum atomic E-state index is -4.07. The first-order valence-electron chi connectivity index (χ1n) is 13.4. The molecule has 8 heteroatoms. The van der Waals surface area contributed by atoms with Gasteiger partial charge in [-0.2, -0.15) is 0 Å². The third-order valence-electron chi connectivity index (χ3n) is 6.82. The lowest BCUT2D eigenvalue weighted by molar-refractivity contribution is -0.139. The van der Waals surface area contributed by atoms with Crippen LogP contribution in [0.1, 0.15) is 58.1 Å². The first-order chi connectivity index (χ1) is 18.5. The van der Waals surface area contributed by atoms with E-state index >= 15 is 0 Å². The lowest BCUT2D eigenvalue weighted by Gasteiger charge is -2.32. The zero-order valence-electron chi connectivity index (χ0n) is 23.4. The van der Waals surface area contributed by atoms with Gasteiger partial charge in [0.05, 0.1) is 10.6 Å². The van der Waals surface area contributed by atoms with Crippen LogP contribution in [-0.4, -0.2) is 43.8 Å². The summed E-state index contributed by atoms with van der Waals surface area (Å²) in [6.07, 6.45) is 0.751. The molecule has 2 atom stereocenters. The molecule has 0 radical (unpaired) electrons. The maximum Gasteiger partial charge on any atom is 0.264 e. The van der Waals surface area contributed by atoms with Crippen LogP contribution in [0.4, 0.5) is 5.69 Å². The monoisotopic (exact) mass is 549 g/mol. The van der Waals surface area contributed by atoms with Crippen LogP contribution in [0.15, 0.2) is 89.8 Å². The van der Waals surface area contributed by atoms with Gasteiger partial charge in [0.1, 0.15) is 12.6 Å². The Kier molecular flexibility index (Phi) is 10.3. The van der Waals surface area contributed by atoms with Crippen molar-refractivity contribution >= 4 is 27.5 Å². The summed E-state index contributed by atoms with van der Waals surface area (Å²) in [5.41, 5.74) is 2.28. The molecule has 0 aromatic heterocycles. The number of hydrogen-bond acceptors (Lipinski definition) is 4. The third kappa shape index (κ3) is 7.69. The minimum absolute atomic E-state index is 0.0527. The van der Waals surface area contributed by atoms with Crippen molar-refractivity contribution in [3.05, 3.63) is 96.1 Å². The number of benzene rings is 3. The summed E-state index contributed by atoms with van der Waals surface area (Å²) in [6, 6.07) is 23.8. The van der Waals surface area contributed by atoms with Crippen LogP contribution >= 0.6 is 0 Å². The molecular weight excluding hydrogens is 510 g/mol. The fourth-order valence-corrected chi connectivity index (χ4v) is 5.54. The first-order valence-corrected chi connectivity index (χ1v) is 14.8. The van der Waals surface area contributed by atoms with Crippen molar-refractivity contribution in [3.63, 3.8) is 0 Å². The number of sulfonamides is 1. The molecule has 7 nitrogen and oxygen atoms in total. The maximum atomic E-state index is 13.9. The van der Waals surface area contributed by atoms with Crippen LogP contribution in [0, 0.1) is 0 Å². The molecule has 0 saturated heterocycles. The van der Waals surface area contributed by atoms with Crippen molar-refractivity contribution in [2.45, 2.75) is 70.5 Å². The standard InChI is InChI=1S/C31H39N3O4S/c1-6-24(4)32-31(36)25(5)33(21-26-13-9-7-10-14-26)30(35)22-34(28-19-17-27(18-20-28)23(2)3)39(37,38)29-15-11-8-12-16-29/h7-20,23-25H,6,21-22H2,1-5H3,(H,32,36)/t24-,25-/m0/s1. The Morgan fingerprint density at radius 3 is 1.92 bits per heavy atom. The van der Waals surface area contributed by atoms with Crippen molar-refractivity contribution in [1.29, 1.82) is 0 Å². The first kappa shape index (κ1) is 29.9. The SMILES string of the molecule is CC[C@H](C)NC(=O)[C@H](C)N(Cc1ccccc1)C(=O)CN(c1ccc(C(C)C)cc1)S(=O)(=O)c1ccccc1. The lowest BCUT2D eigenvalue weighted by Crippen LogP contribution is -2.52. The number of nitrogens with zero attached hydrogens (tertiary/aromatic N) is 2. The molecule has 3 aromatic carbocycles. The van der Waals surface area contributed by atoms with E-state index in [1.165, 1.54) is 17.0 Å². The molecule has 1 N–H and O–H groups in total. The van der Waals surface area contributed by atoms with Gasteiger partial charge in [0.15, 0.2) is 0 Å². The number of carbonyl (C=O) groups is 2. The van der Waals surface area contributed by atoms with Gasteiger partial charge in [0.2, 0.25) is 11.8 Å². The van der Waals surface area contributed by atoms with Crippen molar-refractivity contribution in [1.82, 2.24) is 10.2 Å². The van der Waals surface area contributed by atoms with E-state index in [4.69, 9.17) is 0 Å². The molecule has 3 rings (SSSR count). The molecule has 0 saturated carbocycles. The van der Waals surface area contributed by atoms with E-state index in [1.807, 2.05) is 56.3 Å². The van der Waals surface area contributed by atoms with E-state index in [0.717, 1.165) is 21.9 Å². The molecule has 0 bridgehead atoms. The summed E-state index contributed by atoms with van der Waals surface area (Å²) >= 11 is 0. The van der Waals surface area contributed by atoms with Crippen LogP contribution in [0.5, 0.6) is 0 Å².